The van der Waals surface area contributed by atoms with E-state index in [4.69, 9.17) is 17.5 Å². The lowest BCUT2D eigenvalue weighted by molar-refractivity contribution is -0.138. The molecule has 2 N–H and O–H groups in total. The number of pyridine rings is 1. The SMILES string of the molecule is CC(C)(O)CNC(=O)c1ccc(N2CCCC(=O)N(c3cnc(C#N)c(C(F)(F)F)c3)C2=S)cc1F. The van der Waals surface area contributed by atoms with Crippen LogP contribution in [0.5, 0.6) is 0 Å². The quantitative estimate of drug-likeness (QED) is 0.456. The van der Waals surface area contributed by atoms with E-state index in [9.17, 15) is 32.3 Å². The molecule has 3 rings (SSSR count). The monoisotopic (exact) mass is 523 g/mol. The second-order valence-corrected chi connectivity index (χ2v) is 8.99. The van der Waals surface area contributed by atoms with Gasteiger partial charge in [-0.3, -0.25) is 14.5 Å². The highest BCUT2D eigenvalue weighted by Crippen LogP contribution is 2.34. The van der Waals surface area contributed by atoms with E-state index in [-0.39, 0.29) is 48.0 Å². The molecule has 13 heteroatoms. The summed E-state index contributed by atoms with van der Waals surface area (Å²) in [5.74, 6) is -2.24. The van der Waals surface area contributed by atoms with Gasteiger partial charge in [0.05, 0.1) is 28.6 Å². The number of halogens is 4. The number of hydrogen-bond acceptors (Lipinski definition) is 6. The van der Waals surface area contributed by atoms with Crippen molar-refractivity contribution >= 4 is 40.5 Å². The minimum Gasteiger partial charge on any atom is -0.389 e. The lowest BCUT2D eigenvalue weighted by Gasteiger charge is -2.30. The molecule has 1 aromatic heterocycles. The molecular weight excluding hydrogens is 502 g/mol. The van der Waals surface area contributed by atoms with E-state index in [0.29, 0.717) is 6.07 Å². The van der Waals surface area contributed by atoms with Gasteiger partial charge in [0.25, 0.3) is 5.91 Å². The Morgan fingerprint density at radius 1 is 1.28 bits per heavy atom. The van der Waals surface area contributed by atoms with Crippen molar-refractivity contribution in [3.63, 3.8) is 0 Å². The second-order valence-electron chi connectivity index (χ2n) is 8.63. The molecule has 0 saturated carbocycles. The zero-order chi connectivity index (χ0) is 26.8. The molecule has 0 unspecified atom stereocenters. The number of hydrogen-bond donors (Lipinski definition) is 2. The summed E-state index contributed by atoms with van der Waals surface area (Å²) in [4.78, 5) is 30.8. The highest BCUT2D eigenvalue weighted by atomic mass is 32.1. The maximum atomic E-state index is 14.8. The Hall–Kier alpha value is -3.63. The average Bonchev–Trinajstić information content (AvgIpc) is 2.93. The van der Waals surface area contributed by atoms with Gasteiger partial charge in [0, 0.05) is 25.2 Å². The highest BCUT2D eigenvalue weighted by molar-refractivity contribution is 7.81. The van der Waals surface area contributed by atoms with E-state index >= 15 is 0 Å². The molecule has 190 valence electrons. The van der Waals surface area contributed by atoms with Gasteiger partial charge in [-0.25, -0.2) is 9.37 Å². The van der Waals surface area contributed by atoms with E-state index < -0.39 is 40.7 Å². The fourth-order valence-electron chi connectivity index (χ4n) is 3.45. The van der Waals surface area contributed by atoms with Gasteiger partial charge in [-0.1, -0.05) is 0 Å². The molecule has 1 aromatic carbocycles. The number of nitrogens with zero attached hydrogens (tertiary/aromatic N) is 4. The first kappa shape index (κ1) is 27.0. The first-order valence-corrected chi connectivity index (χ1v) is 11.1. The molecule has 1 aliphatic rings. The Labute approximate surface area is 209 Å². The largest absolute Gasteiger partial charge is 0.419 e. The predicted octanol–water partition coefficient (Wildman–Crippen LogP) is 3.53. The van der Waals surface area contributed by atoms with Crippen LogP contribution >= 0.6 is 12.2 Å². The maximum Gasteiger partial charge on any atom is 0.419 e. The lowest BCUT2D eigenvalue weighted by Crippen LogP contribution is -2.44. The number of carbonyl (C=O) groups excluding carboxylic acids is 2. The molecule has 1 aliphatic heterocycles. The van der Waals surface area contributed by atoms with Gasteiger partial charge < -0.3 is 15.3 Å². The van der Waals surface area contributed by atoms with Gasteiger partial charge in [-0.15, -0.1) is 0 Å². The minimum atomic E-state index is -4.89. The van der Waals surface area contributed by atoms with E-state index in [1.807, 2.05) is 0 Å². The zero-order valence-electron chi connectivity index (χ0n) is 19.2. The summed E-state index contributed by atoms with van der Waals surface area (Å²) in [6.07, 6.45) is -3.74. The molecular formula is C23H21F4N5O3S. The van der Waals surface area contributed by atoms with Crippen molar-refractivity contribution in [3.8, 4) is 6.07 Å². The predicted molar refractivity (Wildman–Crippen MR) is 126 cm³/mol. The van der Waals surface area contributed by atoms with Crippen LogP contribution in [0.2, 0.25) is 0 Å². The Balaban J connectivity index is 1.95. The Kier molecular flexibility index (Phi) is 7.61. The molecule has 1 fully saturated rings. The van der Waals surface area contributed by atoms with Gasteiger partial charge in [0.1, 0.15) is 11.9 Å². The smallest absolute Gasteiger partial charge is 0.389 e. The number of anilines is 2. The summed E-state index contributed by atoms with van der Waals surface area (Å²) in [7, 11) is 0. The molecule has 0 spiro atoms. The van der Waals surface area contributed by atoms with Gasteiger partial charge in [0.15, 0.2) is 10.8 Å². The van der Waals surface area contributed by atoms with Crippen LogP contribution in [0.3, 0.4) is 0 Å². The Morgan fingerprint density at radius 2 is 1.97 bits per heavy atom. The van der Waals surface area contributed by atoms with Crippen molar-refractivity contribution in [2.45, 2.75) is 38.5 Å². The summed E-state index contributed by atoms with van der Waals surface area (Å²) in [6, 6.07) is 5.61. The molecule has 2 amide bonds. The van der Waals surface area contributed by atoms with E-state index in [1.54, 1.807) is 0 Å². The Bertz CT molecular complexity index is 1250. The van der Waals surface area contributed by atoms with Crippen LogP contribution < -0.4 is 15.1 Å². The third-order valence-corrected chi connectivity index (χ3v) is 5.58. The van der Waals surface area contributed by atoms with Gasteiger partial charge in [-0.05, 0) is 56.8 Å². The number of thiocarbonyl (C=S) groups is 1. The summed E-state index contributed by atoms with van der Waals surface area (Å²) in [5, 5.41) is 20.9. The van der Waals surface area contributed by atoms with E-state index in [1.165, 1.54) is 36.9 Å². The number of amides is 2. The maximum absolute atomic E-state index is 14.8. The lowest BCUT2D eigenvalue weighted by atomic mass is 10.1. The minimum absolute atomic E-state index is 0.0576. The van der Waals surface area contributed by atoms with Crippen molar-refractivity contribution in [2.24, 2.45) is 0 Å². The molecule has 0 bridgehead atoms. The van der Waals surface area contributed by atoms with Crippen LogP contribution in [-0.4, -0.2) is 45.7 Å². The van der Waals surface area contributed by atoms with Crippen LogP contribution in [-0.2, 0) is 11.0 Å². The molecule has 0 aliphatic carbocycles. The number of rotatable bonds is 5. The number of nitrogens with one attached hydrogen (secondary N) is 1. The molecule has 8 nitrogen and oxygen atoms in total. The van der Waals surface area contributed by atoms with Crippen LogP contribution in [0.15, 0.2) is 30.5 Å². The normalized spacial score (nSPS) is 14.9. The van der Waals surface area contributed by atoms with Crippen molar-refractivity contribution in [1.82, 2.24) is 10.3 Å². The van der Waals surface area contributed by atoms with Gasteiger partial charge >= 0.3 is 6.18 Å². The summed E-state index contributed by atoms with van der Waals surface area (Å²) in [6.45, 7) is 2.99. The summed E-state index contributed by atoms with van der Waals surface area (Å²) in [5.41, 5.74) is -3.77. The fourth-order valence-corrected chi connectivity index (χ4v) is 3.85. The van der Waals surface area contributed by atoms with Gasteiger partial charge in [-0.2, -0.15) is 18.4 Å². The van der Waals surface area contributed by atoms with Crippen LogP contribution in [0.4, 0.5) is 28.9 Å². The summed E-state index contributed by atoms with van der Waals surface area (Å²) < 4.78 is 55.1. The highest BCUT2D eigenvalue weighted by Gasteiger charge is 2.37. The van der Waals surface area contributed by atoms with Gasteiger partial charge in [0.2, 0.25) is 5.91 Å². The average molecular weight is 524 g/mol. The van der Waals surface area contributed by atoms with Crippen molar-refractivity contribution in [1.29, 1.82) is 5.26 Å². The first-order chi connectivity index (χ1) is 16.7. The topological polar surface area (TPSA) is 110 Å². The number of alkyl halides is 3. The number of nitriles is 1. The molecule has 2 aromatic rings. The Morgan fingerprint density at radius 3 is 2.56 bits per heavy atom. The van der Waals surface area contributed by atoms with Crippen molar-refractivity contribution < 1.29 is 32.3 Å². The fraction of sp³-hybridized carbons (Fsp3) is 0.348. The van der Waals surface area contributed by atoms with Crippen LogP contribution in [0.1, 0.15) is 48.3 Å². The number of benzene rings is 1. The third-order valence-electron chi connectivity index (χ3n) is 5.18. The number of carbonyl (C=O) groups is 2. The second kappa shape index (κ2) is 10.2. The zero-order valence-corrected chi connectivity index (χ0v) is 20.0. The number of aromatic nitrogens is 1. The molecule has 36 heavy (non-hydrogen) atoms. The first-order valence-electron chi connectivity index (χ1n) is 10.6. The standard InChI is InChI=1S/C23H21F4N5O3S/c1-22(2,35)12-30-20(34)15-6-5-13(9-17(15)24)31-7-3-4-19(33)32(21(31)36)14-8-16(23(25,26)27)18(10-28)29-11-14/h5-6,8-9,11,35H,3-4,7,12H2,1-2H3,(H,30,34). The third kappa shape index (κ3) is 5.95. The van der Waals surface area contributed by atoms with Crippen molar-refractivity contribution in [2.75, 3.05) is 22.9 Å². The summed E-state index contributed by atoms with van der Waals surface area (Å²) >= 11 is 5.41. The molecule has 0 atom stereocenters. The molecule has 1 saturated heterocycles. The van der Waals surface area contributed by atoms with Crippen molar-refractivity contribution in [3.05, 3.63) is 53.1 Å². The molecule has 2 heterocycles. The number of aliphatic hydroxyl groups is 1. The van der Waals surface area contributed by atoms with Crippen LogP contribution in [0, 0.1) is 17.1 Å². The van der Waals surface area contributed by atoms with E-state index in [2.05, 4.69) is 10.3 Å². The van der Waals surface area contributed by atoms with E-state index in [0.717, 1.165) is 17.2 Å². The van der Waals surface area contributed by atoms with Crippen LogP contribution in [0.25, 0.3) is 0 Å². The molecule has 0 radical (unpaired) electrons.